The van der Waals surface area contributed by atoms with Gasteiger partial charge in [0.2, 0.25) is 5.01 Å². The minimum Gasteiger partial charge on any atom is -0.373 e. The van der Waals surface area contributed by atoms with Crippen LogP contribution in [0, 0.1) is 5.82 Å². The summed E-state index contributed by atoms with van der Waals surface area (Å²) in [7, 11) is 0. The number of benzene rings is 1. The van der Waals surface area contributed by atoms with E-state index in [1.807, 2.05) is 0 Å². The summed E-state index contributed by atoms with van der Waals surface area (Å²) in [5.41, 5.74) is 0.829. The Bertz CT molecular complexity index is 712. The van der Waals surface area contributed by atoms with E-state index in [1.165, 1.54) is 23.5 Å². The molecule has 134 valence electrons. The van der Waals surface area contributed by atoms with Gasteiger partial charge in [0, 0.05) is 19.6 Å². The molecule has 3 rings (SSSR count). The van der Waals surface area contributed by atoms with Crippen molar-refractivity contribution in [3.63, 3.8) is 0 Å². The lowest BCUT2D eigenvalue weighted by Crippen LogP contribution is -2.44. The van der Waals surface area contributed by atoms with Gasteiger partial charge in [0.15, 0.2) is 0 Å². The standard InChI is InChI=1S/C17H21FN4O2S/c1-11-8-22(9-12(2)24-11)10-15-20-21-17(25-15)16(23)19-7-13-3-5-14(18)6-4-13/h3-6,11-12H,7-10H2,1-2H3,(H,19,23)/t11-,12-/m1/s1. The first-order valence-corrected chi connectivity index (χ1v) is 9.04. The van der Waals surface area contributed by atoms with Gasteiger partial charge in [-0.05, 0) is 31.5 Å². The number of carbonyl (C=O) groups excluding carboxylic acids is 1. The van der Waals surface area contributed by atoms with E-state index < -0.39 is 0 Å². The highest BCUT2D eigenvalue weighted by Gasteiger charge is 2.23. The van der Waals surface area contributed by atoms with Gasteiger partial charge in [-0.3, -0.25) is 9.69 Å². The summed E-state index contributed by atoms with van der Waals surface area (Å²) in [6.07, 6.45) is 0.380. The van der Waals surface area contributed by atoms with Crippen molar-refractivity contribution < 1.29 is 13.9 Å². The zero-order chi connectivity index (χ0) is 17.8. The van der Waals surface area contributed by atoms with Crippen molar-refractivity contribution in [1.82, 2.24) is 20.4 Å². The second-order valence-corrected chi connectivity index (χ2v) is 7.32. The van der Waals surface area contributed by atoms with Crippen LogP contribution in [0.25, 0.3) is 0 Å². The van der Waals surface area contributed by atoms with Gasteiger partial charge in [0.1, 0.15) is 10.8 Å². The van der Waals surface area contributed by atoms with Crippen molar-refractivity contribution in [2.24, 2.45) is 0 Å². The molecule has 1 fully saturated rings. The highest BCUT2D eigenvalue weighted by Crippen LogP contribution is 2.17. The van der Waals surface area contributed by atoms with E-state index >= 15 is 0 Å². The molecule has 0 bridgehead atoms. The fourth-order valence-corrected chi connectivity index (χ4v) is 3.67. The summed E-state index contributed by atoms with van der Waals surface area (Å²) in [5.74, 6) is -0.563. The van der Waals surface area contributed by atoms with Crippen molar-refractivity contribution in [2.75, 3.05) is 13.1 Å². The van der Waals surface area contributed by atoms with E-state index in [0.29, 0.717) is 18.1 Å². The van der Waals surface area contributed by atoms with E-state index in [4.69, 9.17) is 4.74 Å². The molecule has 0 radical (unpaired) electrons. The van der Waals surface area contributed by atoms with Crippen LogP contribution in [0.3, 0.4) is 0 Å². The van der Waals surface area contributed by atoms with Gasteiger partial charge >= 0.3 is 0 Å². The van der Waals surface area contributed by atoms with Gasteiger partial charge in [-0.15, -0.1) is 10.2 Å². The molecule has 1 saturated heterocycles. The van der Waals surface area contributed by atoms with E-state index in [0.717, 1.165) is 23.7 Å². The van der Waals surface area contributed by atoms with Crippen LogP contribution in [0.1, 0.15) is 34.2 Å². The largest absolute Gasteiger partial charge is 0.373 e. The number of morpholine rings is 1. The Morgan fingerprint density at radius 2 is 1.96 bits per heavy atom. The predicted molar refractivity (Wildman–Crippen MR) is 92.8 cm³/mol. The summed E-state index contributed by atoms with van der Waals surface area (Å²) < 4.78 is 18.6. The van der Waals surface area contributed by atoms with Gasteiger partial charge in [0.25, 0.3) is 5.91 Å². The van der Waals surface area contributed by atoms with Crippen molar-refractivity contribution >= 4 is 17.2 Å². The van der Waals surface area contributed by atoms with E-state index in [-0.39, 0.29) is 23.9 Å². The lowest BCUT2D eigenvalue weighted by molar-refractivity contribution is -0.0705. The molecular formula is C17H21FN4O2S. The maximum atomic E-state index is 12.9. The number of hydrogen-bond donors (Lipinski definition) is 1. The quantitative estimate of drug-likeness (QED) is 0.881. The van der Waals surface area contributed by atoms with Crippen LogP contribution in [-0.4, -0.2) is 46.3 Å². The Labute approximate surface area is 150 Å². The van der Waals surface area contributed by atoms with Gasteiger partial charge in [-0.1, -0.05) is 23.5 Å². The Balaban J connectivity index is 1.53. The molecule has 1 aliphatic heterocycles. The lowest BCUT2D eigenvalue weighted by Gasteiger charge is -2.34. The second kappa shape index (κ2) is 7.99. The van der Waals surface area contributed by atoms with Crippen LogP contribution >= 0.6 is 11.3 Å². The molecule has 0 saturated carbocycles. The molecule has 1 amide bonds. The average molecular weight is 364 g/mol. The first-order valence-electron chi connectivity index (χ1n) is 8.22. The summed E-state index contributed by atoms with van der Waals surface area (Å²) in [4.78, 5) is 14.4. The number of hydrogen-bond acceptors (Lipinski definition) is 6. The van der Waals surface area contributed by atoms with Crippen LogP contribution < -0.4 is 5.32 Å². The zero-order valence-corrected chi connectivity index (χ0v) is 15.1. The second-order valence-electron chi connectivity index (χ2n) is 6.26. The van der Waals surface area contributed by atoms with Gasteiger partial charge in [0.05, 0.1) is 18.8 Å². The fraction of sp³-hybridized carbons (Fsp3) is 0.471. The number of aromatic nitrogens is 2. The number of ether oxygens (including phenoxy) is 1. The number of nitrogens with one attached hydrogen (secondary N) is 1. The highest BCUT2D eigenvalue weighted by atomic mass is 32.1. The Kier molecular flexibility index (Phi) is 5.72. The minimum absolute atomic E-state index is 0.190. The van der Waals surface area contributed by atoms with Gasteiger partial charge in [-0.25, -0.2) is 4.39 Å². The molecule has 2 atom stereocenters. The number of amides is 1. The molecule has 0 aliphatic carbocycles. The summed E-state index contributed by atoms with van der Waals surface area (Å²) >= 11 is 1.30. The van der Waals surface area contributed by atoms with Crippen LogP contribution in [0.4, 0.5) is 4.39 Å². The van der Waals surface area contributed by atoms with Crippen LogP contribution in [0.5, 0.6) is 0 Å². The van der Waals surface area contributed by atoms with Crippen LogP contribution in [0.2, 0.25) is 0 Å². The normalized spacial score (nSPS) is 21.2. The van der Waals surface area contributed by atoms with Crippen molar-refractivity contribution in [3.8, 4) is 0 Å². The smallest absolute Gasteiger partial charge is 0.282 e. The number of halogens is 1. The Hall–Kier alpha value is -1.90. The minimum atomic E-state index is -0.296. The molecule has 1 aromatic carbocycles. The molecule has 1 N–H and O–H groups in total. The molecule has 25 heavy (non-hydrogen) atoms. The third-order valence-electron chi connectivity index (χ3n) is 3.88. The molecule has 8 heteroatoms. The monoisotopic (exact) mass is 364 g/mol. The van der Waals surface area contributed by atoms with Crippen molar-refractivity contribution in [1.29, 1.82) is 0 Å². The van der Waals surface area contributed by atoms with E-state index in [2.05, 4.69) is 34.3 Å². The maximum Gasteiger partial charge on any atom is 0.282 e. The third-order valence-corrected chi connectivity index (χ3v) is 4.79. The molecule has 2 heterocycles. The molecule has 0 spiro atoms. The first kappa shape index (κ1) is 17.9. The molecule has 1 aromatic heterocycles. The number of nitrogens with zero attached hydrogens (tertiary/aromatic N) is 3. The molecule has 6 nitrogen and oxygen atoms in total. The predicted octanol–water partition coefficient (Wildman–Crippen LogP) is 2.22. The lowest BCUT2D eigenvalue weighted by atomic mass is 10.2. The third kappa shape index (κ3) is 5.04. The highest BCUT2D eigenvalue weighted by molar-refractivity contribution is 7.13. The zero-order valence-electron chi connectivity index (χ0n) is 14.2. The SMILES string of the molecule is C[C@@H]1CN(Cc2nnc(C(=O)NCc3ccc(F)cc3)s2)C[C@@H](C)O1. The van der Waals surface area contributed by atoms with Crippen molar-refractivity contribution in [2.45, 2.75) is 39.1 Å². The first-order chi connectivity index (χ1) is 12.0. The molecular weight excluding hydrogens is 343 g/mol. The average Bonchev–Trinajstić information content (AvgIpc) is 3.01. The Morgan fingerprint density at radius 3 is 2.64 bits per heavy atom. The van der Waals surface area contributed by atoms with Gasteiger partial charge in [-0.2, -0.15) is 0 Å². The molecule has 2 aromatic rings. The number of rotatable bonds is 5. The molecule has 0 unspecified atom stereocenters. The number of carbonyl (C=O) groups is 1. The fourth-order valence-electron chi connectivity index (χ4n) is 2.87. The summed E-state index contributed by atoms with van der Waals surface area (Å²) in [6, 6.07) is 6.02. The van der Waals surface area contributed by atoms with E-state index in [9.17, 15) is 9.18 Å². The van der Waals surface area contributed by atoms with Crippen LogP contribution in [-0.2, 0) is 17.8 Å². The summed E-state index contributed by atoms with van der Waals surface area (Å²) in [5, 5.41) is 12.0. The molecule has 1 aliphatic rings. The van der Waals surface area contributed by atoms with Gasteiger partial charge < -0.3 is 10.1 Å². The van der Waals surface area contributed by atoms with Crippen LogP contribution in [0.15, 0.2) is 24.3 Å². The summed E-state index contributed by atoms with van der Waals surface area (Å²) in [6.45, 7) is 6.79. The topological polar surface area (TPSA) is 67.4 Å². The van der Waals surface area contributed by atoms with Crippen molar-refractivity contribution in [3.05, 3.63) is 45.7 Å². The Morgan fingerprint density at radius 1 is 1.28 bits per heavy atom. The van der Waals surface area contributed by atoms with E-state index in [1.54, 1.807) is 12.1 Å². The maximum absolute atomic E-state index is 12.9.